The van der Waals surface area contributed by atoms with Gasteiger partial charge < -0.3 is 10.4 Å². The number of aliphatic hydroxyl groups excluding tert-OH is 1. The molecule has 0 saturated carbocycles. The molecule has 4 heteroatoms. The lowest BCUT2D eigenvalue weighted by Crippen LogP contribution is -2.62. The zero-order valence-corrected chi connectivity index (χ0v) is 10.6. The molecular formula is C13H21N3O. The standard InChI is InChI=1S/C13H21N3O/c1-13(2)10-16(12(9-17)7-15-13)8-11-5-3-4-6-14-11/h3-6,12,15,17H,7-10H2,1-2H3. The number of piperazine rings is 1. The average Bonchev–Trinajstić information content (AvgIpc) is 2.30. The van der Waals surface area contributed by atoms with Crippen LogP contribution in [-0.2, 0) is 6.54 Å². The van der Waals surface area contributed by atoms with E-state index in [-0.39, 0.29) is 18.2 Å². The van der Waals surface area contributed by atoms with E-state index in [1.807, 2.05) is 24.4 Å². The third-order valence-corrected chi connectivity index (χ3v) is 3.23. The highest BCUT2D eigenvalue weighted by molar-refractivity contribution is 5.05. The van der Waals surface area contributed by atoms with Crippen molar-refractivity contribution in [2.45, 2.75) is 32.0 Å². The van der Waals surface area contributed by atoms with Gasteiger partial charge in [-0.05, 0) is 26.0 Å². The Balaban J connectivity index is 2.06. The van der Waals surface area contributed by atoms with Crippen molar-refractivity contribution in [2.75, 3.05) is 19.7 Å². The molecule has 17 heavy (non-hydrogen) atoms. The number of hydrogen-bond donors (Lipinski definition) is 2. The van der Waals surface area contributed by atoms with Crippen molar-refractivity contribution < 1.29 is 5.11 Å². The molecule has 1 aromatic heterocycles. The maximum Gasteiger partial charge on any atom is 0.0599 e. The quantitative estimate of drug-likeness (QED) is 0.806. The molecule has 0 aliphatic carbocycles. The van der Waals surface area contributed by atoms with E-state index in [2.05, 4.69) is 29.0 Å². The number of hydrogen-bond acceptors (Lipinski definition) is 4. The topological polar surface area (TPSA) is 48.4 Å². The second kappa shape index (κ2) is 5.12. The Morgan fingerprint density at radius 2 is 2.35 bits per heavy atom. The fourth-order valence-corrected chi connectivity index (χ4v) is 2.28. The van der Waals surface area contributed by atoms with Gasteiger partial charge in [0.15, 0.2) is 0 Å². The van der Waals surface area contributed by atoms with Gasteiger partial charge in [-0.1, -0.05) is 6.07 Å². The van der Waals surface area contributed by atoms with E-state index in [4.69, 9.17) is 0 Å². The van der Waals surface area contributed by atoms with E-state index in [9.17, 15) is 5.11 Å². The van der Waals surface area contributed by atoms with Crippen LogP contribution in [0.3, 0.4) is 0 Å². The maximum atomic E-state index is 9.41. The fourth-order valence-electron chi connectivity index (χ4n) is 2.28. The molecule has 0 spiro atoms. The van der Waals surface area contributed by atoms with Crippen molar-refractivity contribution in [3.63, 3.8) is 0 Å². The van der Waals surface area contributed by atoms with Crippen LogP contribution in [0.2, 0.25) is 0 Å². The van der Waals surface area contributed by atoms with Crippen LogP contribution in [0.1, 0.15) is 19.5 Å². The Morgan fingerprint density at radius 3 is 3.00 bits per heavy atom. The van der Waals surface area contributed by atoms with Crippen molar-refractivity contribution >= 4 is 0 Å². The maximum absolute atomic E-state index is 9.41. The first kappa shape index (κ1) is 12.5. The highest BCUT2D eigenvalue weighted by Gasteiger charge is 2.32. The molecular weight excluding hydrogens is 214 g/mol. The van der Waals surface area contributed by atoms with Gasteiger partial charge in [0.2, 0.25) is 0 Å². The molecule has 2 heterocycles. The summed E-state index contributed by atoms with van der Waals surface area (Å²) in [5.41, 5.74) is 1.16. The zero-order valence-electron chi connectivity index (χ0n) is 10.6. The van der Waals surface area contributed by atoms with Crippen molar-refractivity contribution in [1.29, 1.82) is 0 Å². The third-order valence-electron chi connectivity index (χ3n) is 3.23. The van der Waals surface area contributed by atoms with Crippen LogP contribution in [0.4, 0.5) is 0 Å². The van der Waals surface area contributed by atoms with Gasteiger partial charge in [0.25, 0.3) is 0 Å². The molecule has 0 bridgehead atoms. The molecule has 1 aromatic rings. The Bertz CT molecular complexity index is 353. The first-order valence-electron chi connectivity index (χ1n) is 6.10. The zero-order chi connectivity index (χ0) is 12.3. The monoisotopic (exact) mass is 235 g/mol. The molecule has 4 nitrogen and oxygen atoms in total. The minimum Gasteiger partial charge on any atom is -0.395 e. The van der Waals surface area contributed by atoms with Gasteiger partial charge in [-0.15, -0.1) is 0 Å². The second-order valence-corrected chi connectivity index (χ2v) is 5.33. The minimum atomic E-state index is 0.0977. The molecule has 1 aliphatic heterocycles. The predicted molar refractivity (Wildman–Crippen MR) is 67.6 cm³/mol. The Morgan fingerprint density at radius 1 is 1.53 bits per heavy atom. The summed E-state index contributed by atoms with van der Waals surface area (Å²) in [5.74, 6) is 0. The van der Waals surface area contributed by atoms with Crippen LogP contribution in [-0.4, -0.2) is 46.3 Å². The smallest absolute Gasteiger partial charge is 0.0599 e. The molecule has 94 valence electrons. The molecule has 1 saturated heterocycles. The molecule has 1 atom stereocenters. The van der Waals surface area contributed by atoms with Gasteiger partial charge in [-0.2, -0.15) is 0 Å². The number of pyridine rings is 1. The van der Waals surface area contributed by atoms with Gasteiger partial charge >= 0.3 is 0 Å². The summed E-state index contributed by atoms with van der Waals surface area (Å²) in [6.45, 7) is 7.12. The van der Waals surface area contributed by atoms with Crippen LogP contribution < -0.4 is 5.32 Å². The molecule has 2 rings (SSSR count). The van der Waals surface area contributed by atoms with E-state index in [0.717, 1.165) is 25.3 Å². The first-order chi connectivity index (χ1) is 8.11. The van der Waals surface area contributed by atoms with Crippen LogP contribution in [0.25, 0.3) is 0 Å². The third kappa shape index (κ3) is 3.25. The van der Waals surface area contributed by atoms with Crippen molar-refractivity contribution in [3.8, 4) is 0 Å². The van der Waals surface area contributed by atoms with E-state index in [1.165, 1.54) is 0 Å². The average molecular weight is 235 g/mol. The number of aromatic nitrogens is 1. The largest absolute Gasteiger partial charge is 0.395 e. The summed E-state index contributed by atoms with van der Waals surface area (Å²) >= 11 is 0. The lowest BCUT2D eigenvalue weighted by Gasteiger charge is -2.43. The summed E-state index contributed by atoms with van der Waals surface area (Å²) in [4.78, 5) is 6.65. The highest BCUT2D eigenvalue weighted by atomic mass is 16.3. The molecule has 2 N–H and O–H groups in total. The molecule has 1 fully saturated rings. The van der Waals surface area contributed by atoms with Gasteiger partial charge in [-0.3, -0.25) is 9.88 Å². The predicted octanol–water partition coefficient (Wildman–Crippen LogP) is 0.626. The lowest BCUT2D eigenvalue weighted by atomic mass is 9.98. The molecule has 0 amide bonds. The van der Waals surface area contributed by atoms with Crippen LogP contribution in [0.5, 0.6) is 0 Å². The number of aliphatic hydroxyl groups is 1. The van der Waals surface area contributed by atoms with E-state index >= 15 is 0 Å². The van der Waals surface area contributed by atoms with Crippen LogP contribution >= 0.6 is 0 Å². The lowest BCUT2D eigenvalue weighted by molar-refractivity contribution is 0.0504. The number of nitrogens with one attached hydrogen (secondary N) is 1. The number of nitrogens with zero attached hydrogens (tertiary/aromatic N) is 2. The summed E-state index contributed by atoms with van der Waals surface area (Å²) in [6, 6.07) is 6.15. The van der Waals surface area contributed by atoms with Gasteiger partial charge in [0.1, 0.15) is 0 Å². The van der Waals surface area contributed by atoms with Gasteiger partial charge in [0.05, 0.1) is 12.3 Å². The van der Waals surface area contributed by atoms with Crippen molar-refractivity contribution in [3.05, 3.63) is 30.1 Å². The van der Waals surface area contributed by atoms with Crippen LogP contribution in [0, 0.1) is 0 Å². The summed E-state index contributed by atoms with van der Waals surface area (Å²) in [6.07, 6.45) is 1.82. The SMILES string of the molecule is CC1(C)CN(Cc2ccccn2)C(CO)CN1. The van der Waals surface area contributed by atoms with Crippen molar-refractivity contribution in [2.24, 2.45) is 0 Å². The Kier molecular flexibility index (Phi) is 3.76. The van der Waals surface area contributed by atoms with Crippen molar-refractivity contribution in [1.82, 2.24) is 15.2 Å². The van der Waals surface area contributed by atoms with Gasteiger partial charge in [-0.25, -0.2) is 0 Å². The van der Waals surface area contributed by atoms with Gasteiger partial charge in [0, 0.05) is 37.4 Å². The van der Waals surface area contributed by atoms with Crippen LogP contribution in [0.15, 0.2) is 24.4 Å². The molecule has 1 unspecified atom stereocenters. The normalized spacial score (nSPS) is 24.8. The summed E-state index contributed by atoms with van der Waals surface area (Å²) in [7, 11) is 0. The second-order valence-electron chi connectivity index (χ2n) is 5.33. The number of rotatable bonds is 3. The van der Waals surface area contributed by atoms with E-state index in [1.54, 1.807) is 0 Å². The Labute approximate surface area is 103 Å². The van der Waals surface area contributed by atoms with E-state index < -0.39 is 0 Å². The fraction of sp³-hybridized carbons (Fsp3) is 0.615. The molecule has 1 aliphatic rings. The summed E-state index contributed by atoms with van der Waals surface area (Å²) < 4.78 is 0. The first-order valence-corrected chi connectivity index (χ1v) is 6.10. The summed E-state index contributed by atoms with van der Waals surface area (Å²) in [5, 5.41) is 12.9. The minimum absolute atomic E-state index is 0.0977. The molecule has 0 radical (unpaired) electrons. The molecule has 0 aromatic carbocycles. The Hall–Kier alpha value is -0.970. The van der Waals surface area contributed by atoms with E-state index in [0.29, 0.717) is 0 Å². The highest BCUT2D eigenvalue weighted by Crippen LogP contribution is 2.17.